The van der Waals surface area contributed by atoms with E-state index in [1.165, 1.54) is 22.7 Å². The molecule has 0 aliphatic carbocycles. The summed E-state index contributed by atoms with van der Waals surface area (Å²) in [7, 11) is 0. The molecule has 126 valence electrons. The fourth-order valence-corrected chi connectivity index (χ4v) is 3.60. The lowest BCUT2D eigenvalue weighted by atomic mass is 10.2. The lowest BCUT2D eigenvalue weighted by molar-refractivity contribution is 0.102. The summed E-state index contributed by atoms with van der Waals surface area (Å²) in [6, 6.07) is 3.68. The van der Waals surface area contributed by atoms with Gasteiger partial charge in [-0.05, 0) is 24.6 Å². The van der Waals surface area contributed by atoms with Gasteiger partial charge in [0.2, 0.25) is 5.13 Å². The number of fused-ring (bicyclic) bond motifs is 1. The average Bonchev–Trinajstić information content (AvgIpc) is 3.09. The number of hydrogen-bond acceptors (Lipinski definition) is 6. The van der Waals surface area contributed by atoms with Gasteiger partial charge >= 0.3 is 0 Å². The first-order valence-electron chi connectivity index (χ1n) is 6.36. The Hall–Kier alpha value is -1.94. The van der Waals surface area contributed by atoms with Crippen LogP contribution in [0.1, 0.15) is 16.1 Å². The highest BCUT2D eigenvalue weighted by Crippen LogP contribution is 2.32. The van der Waals surface area contributed by atoms with Gasteiger partial charge in [0.15, 0.2) is 11.1 Å². The van der Waals surface area contributed by atoms with Gasteiger partial charge in [-0.1, -0.05) is 22.9 Å². The van der Waals surface area contributed by atoms with Gasteiger partial charge in [-0.25, -0.2) is 9.97 Å². The van der Waals surface area contributed by atoms with Crippen LogP contribution in [0.5, 0.6) is 0 Å². The van der Waals surface area contributed by atoms with E-state index < -0.39 is 0 Å². The van der Waals surface area contributed by atoms with Crippen LogP contribution in [0, 0.1) is 6.92 Å². The topological polar surface area (TPSA) is 119 Å². The number of carbonyl (C=O) groups is 1. The van der Waals surface area contributed by atoms with Crippen LogP contribution in [0.2, 0.25) is 5.02 Å². The Morgan fingerprint density at radius 1 is 1.33 bits per heavy atom. The molecular formula is C13H12Cl2N6OS2. The van der Waals surface area contributed by atoms with Gasteiger partial charge in [-0.15, -0.1) is 23.7 Å². The average molecular weight is 403 g/mol. The molecule has 3 rings (SSSR count). The van der Waals surface area contributed by atoms with E-state index >= 15 is 0 Å². The largest absolute Gasteiger partial charge is 0.370 e. The maximum absolute atomic E-state index is 12.2. The van der Waals surface area contributed by atoms with Gasteiger partial charge in [-0.2, -0.15) is 4.99 Å². The number of guanidine groups is 1. The zero-order valence-electron chi connectivity index (χ0n) is 12.2. The number of halogens is 2. The Bertz CT molecular complexity index is 932. The SMILES string of the molecule is Cc1c(Cl)ccc2sc(NC(=O)c3csc(N=C(N)N)n3)nc12.Cl. The monoisotopic (exact) mass is 402 g/mol. The number of nitrogens with two attached hydrogens (primary N) is 2. The quantitative estimate of drug-likeness (QED) is 0.458. The summed E-state index contributed by atoms with van der Waals surface area (Å²) in [5.41, 5.74) is 12.4. The van der Waals surface area contributed by atoms with Crippen molar-refractivity contribution >= 4 is 79.0 Å². The third kappa shape index (κ3) is 3.75. The van der Waals surface area contributed by atoms with Crippen molar-refractivity contribution in [3.05, 3.63) is 33.8 Å². The van der Waals surface area contributed by atoms with Gasteiger partial charge in [0.1, 0.15) is 5.69 Å². The molecule has 0 atom stereocenters. The van der Waals surface area contributed by atoms with E-state index in [4.69, 9.17) is 23.1 Å². The number of thiazole rings is 2. The van der Waals surface area contributed by atoms with Gasteiger partial charge in [0.05, 0.1) is 10.2 Å². The highest BCUT2D eigenvalue weighted by atomic mass is 35.5. The number of carbonyl (C=O) groups excluding carboxylic acids is 1. The first-order chi connectivity index (χ1) is 10.9. The summed E-state index contributed by atoms with van der Waals surface area (Å²) < 4.78 is 0.946. The summed E-state index contributed by atoms with van der Waals surface area (Å²) in [5, 5.41) is 5.74. The molecule has 3 aromatic rings. The molecule has 11 heteroatoms. The highest BCUT2D eigenvalue weighted by molar-refractivity contribution is 7.22. The van der Waals surface area contributed by atoms with Crippen molar-refractivity contribution in [2.24, 2.45) is 16.5 Å². The number of nitrogens with zero attached hydrogens (tertiary/aromatic N) is 3. The van der Waals surface area contributed by atoms with E-state index in [0.717, 1.165) is 15.8 Å². The Kier molecular flexibility index (Phi) is 5.60. The first kappa shape index (κ1) is 18.4. The number of rotatable bonds is 3. The third-order valence-electron chi connectivity index (χ3n) is 2.92. The van der Waals surface area contributed by atoms with E-state index in [1.807, 2.05) is 19.1 Å². The summed E-state index contributed by atoms with van der Waals surface area (Å²) in [5.74, 6) is -0.481. The Balaban J connectivity index is 0.00000208. The number of benzene rings is 1. The predicted molar refractivity (Wildman–Crippen MR) is 102 cm³/mol. The number of aliphatic imine (C=N–C) groups is 1. The lowest BCUT2D eigenvalue weighted by Crippen LogP contribution is -2.21. The van der Waals surface area contributed by atoms with Crippen LogP contribution < -0.4 is 16.8 Å². The molecule has 5 N–H and O–H groups in total. The smallest absolute Gasteiger partial charge is 0.276 e. The molecule has 0 bridgehead atoms. The number of anilines is 1. The van der Waals surface area contributed by atoms with E-state index in [-0.39, 0.29) is 30.0 Å². The zero-order valence-corrected chi connectivity index (χ0v) is 15.4. The van der Waals surface area contributed by atoms with Crippen LogP contribution in [0.15, 0.2) is 22.5 Å². The molecule has 2 aromatic heterocycles. The van der Waals surface area contributed by atoms with E-state index in [2.05, 4.69) is 20.3 Å². The molecule has 1 aromatic carbocycles. The Labute approximate surface area is 156 Å². The normalized spacial score (nSPS) is 10.2. The van der Waals surface area contributed by atoms with Crippen LogP contribution in [0.3, 0.4) is 0 Å². The minimum atomic E-state index is -0.374. The molecule has 0 aliphatic heterocycles. The van der Waals surface area contributed by atoms with Crippen molar-refractivity contribution < 1.29 is 4.79 Å². The minimum Gasteiger partial charge on any atom is -0.370 e. The number of aryl methyl sites for hydroxylation is 1. The van der Waals surface area contributed by atoms with E-state index in [1.54, 1.807) is 5.38 Å². The van der Waals surface area contributed by atoms with Crippen LogP contribution in [-0.2, 0) is 0 Å². The van der Waals surface area contributed by atoms with Crippen LogP contribution in [-0.4, -0.2) is 21.8 Å². The third-order valence-corrected chi connectivity index (χ3v) is 5.00. The molecule has 0 unspecified atom stereocenters. The number of amides is 1. The maximum atomic E-state index is 12.2. The maximum Gasteiger partial charge on any atom is 0.276 e. The Morgan fingerprint density at radius 2 is 2.08 bits per heavy atom. The van der Waals surface area contributed by atoms with Crippen LogP contribution >= 0.6 is 46.7 Å². The summed E-state index contributed by atoms with van der Waals surface area (Å²) >= 11 is 8.62. The van der Waals surface area contributed by atoms with Crippen LogP contribution in [0.4, 0.5) is 10.3 Å². The fraction of sp³-hybridized carbons (Fsp3) is 0.0769. The van der Waals surface area contributed by atoms with Crippen molar-refractivity contribution in [2.45, 2.75) is 6.92 Å². The second-order valence-electron chi connectivity index (χ2n) is 4.54. The number of hydrogen-bond donors (Lipinski definition) is 3. The molecule has 24 heavy (non-hydrogen) atoms. The highest BCUT2D eigenvalue weighted by Gasteiger charge is 2.14. The van der Waals surface area contributed by atoms with E-state index in [0.29, 0.717) is 15.3 Å². The molecule has 2 heterocycles. The predicted octanol–water partition coefficient (Wildman–Crippen LogP) is 3.29. The minimum absolute atomic E-state index is 0. The molecule has 0 saturated heterocycles. The van der Waals surface area contributed by atoms with Crippen molar-refractivity contribution in [3.63, 3.8) is 0 Å². The molecule has 0 spiro atoms. The fourth-order valence-electron chi connectivity index (χ4n) is 1.85. The number of aromatic nitrogens is 2. The molecule has 0 saturated carbocycles. The zero-order chi connectivity index (χ0) is 16.6. The molecule has 0 aliphatic rings. The van der Waals surface area contributed by atoms with Gasteiger partial charge in [0, 0.05) is 10.4 Å². The van der Waals surface area contributed by atoms with Crippen molar-refractivity contribution in [1.82, 2.24) is 9.97 Å². The molecule has 1 amide bonds. The lowest BCUT2D eigenvalue weighted by Gasteiger charge is -1.97. The standard InChI is InChI=1S/C13H11ClN6OS2.ClH/c1-5-6(14)2-3-8-9(5)18-13(23-8)19-10(21)7-4-22-12(17-7)20-11(15)16;/h2-4H,1H3,(H,18,19,21)(H4,15,16,17,20);1H. The van der Waals surface area contributed by atoms with Crippen LogP contribution in [0.25, 0.3) is 10.2 Å². The molecule has 0 radical (unpaired) electrons. The molecule has 0 fully saturated rings. The van der Waals surface area contributed by atoms with Crippen molar-refractivity contribution in [1.29, 1.82) is 0 Å². The van der Waals surface area contributed by atoms with Crippen molar-refractivity contribution in [2.75, 3.05) is 5.32 Å². The number of nitrogens with one attached hydrogen (secondary N) is 1. The second kappa shape index (κ2) is 7.31. The first-order valence-corrected chi connectivity index (χ1v) is 8.43. The van der Waals surface area contributed by atoms with E-state index in [9.17, 15) is 4.79 Å². The second-order valence-corrected chi connectivity index (χ2v) is 6.82. The Morgan fingerprint density at radius 3 is 2.79 bits per heavy atom. The van der Waals surface area contributed by atoms with Gasteiger partial charge in [-0.3, -0.25) is 10.1 Å². The van der Waals surface area contributed by atoms with Gasteiger partial charge in [0.25, 0.3) is 5.91 Å². The summed E-state index contributed by atoms with van der Waals surface area (Å²) in [4.78, 5) is 24.5. The molecular weight excluding hydrogens is 391 g/mol. The molecule has 7 nitrogen and oxygen atoms in total. The van der Waals surface area contributed by atoms with Crippen molar-refractivity contribution in [3.8, 4) is 0 Å². The summed E-state index contributed by atoms with van der Waals surface area (Å²) in [6.45, 7) is 1.89. The summed E-state index contributed by atoms with van der Waals surface area (Å²) in [6.07, 6.45) is 0. The van der Waals surface area contributed by atoms with Gasteiger partial charge < -0.3 is 11.5 Å².